The van der Waals surface area contributed by atoms with Gasteiger partial charge in [0.1, 0.15) is 11.8 Å². The van der Waals surface area contributed by atoms with E-state index >= 15 is 0 Å². The molecular formula is C48H50ClN5O5. The standard InChI is InChI=1S/C48H50ClN5O5/c49-21-18-41(32-4-2-1-3-5-32)46(34-9-14-40(56)15-10-34)33-6-11-36(12-7-33)51-22-19-31(20-23-51)26-53-38-24-39(53)29-52(28-38)37-13-8-35-27-54(43-16-17-45(58)50-48(43)59)47(42(35)25-37)44(57)30-55/h1-15,25,30-31,38-39,43,47,56H,16-24,26-29H2,(H,50,58,59). The number of nitrogens with one attached hydrogen (secondary N) is 1. The number of benzene rings is 4. The van der Waals surface area contributed by atoms with Gasteiger partial charge in [0.05, 0.1) is 6.04 Å². The molecule has 0 saturated carbocycles. The van der Waals surface area contributed by atoms with Crippen LogP contribution >= 0.6 is 11.6 Å². The largest absolute Gasteiger partial charge is 0.508 e. The van der Waals surface area contributed by atoms with Crippen molar-refractivity contribution in [3.63, 3.8) is 0 Å². The normalized spacial score (nSPS) is 23.9. The summed E-state index contributed by atoms with van der Waals surface area (Å²) in [6.07, 6.45) is 5.12. The first-order valence-corrected chi connectivity index (χ1v) is 21.5. The van der Waals surface area contributed by atoms with Crippen LogP contribution in [-0.2, 0) is 25.7 Å². The number of halogens is 1. The Morgan fingerprint density at radius 1 is 0.814 bits per heavy atom. The lowest BCUT2D eigenvalue weighted by Crippen LogP contribution is -2.69. The SMILES string of the molecule is O=CC(=O)C1c2cc(N3CC4CC(C3)N4CC3CCN(c4ccc(C(=C(CCCl)c5ccccc5)c5ccc(O)cc5)cc4)CC3)ccc2CN1C1CCC(=O)NC1=O. The zero-order valence-corrected chi connectivity index (χ0v) is 33.9. The Bertz CT molecular complexity index is 2240. The lowest BCUT2D eigenvalue weighted by molar-refractivity contribution is -0.141. The number of hydrogen-bond donors (Lipinski definition) is 2. The van der Waals surface area contributed by atoms with E-state index in [1.165, 1.54) is 17.7 Å². The molecule has 6 aliphatic heterocycles. The summed E-state index contributed by atoms with van der Waals surface area (Å²) in [6.45, 7) is 5.38. The van der Waals surface area contributed by atoms with Crippen molar-refractivity contribution in [1.82, 2.24) is 15.1 Å². The van der Waals surface area contributed by atoms with Crippen LogP contribution in [0.4, 0.5) is 11.4 Å². The number of rotatable bonds is 12. The number of allylic oxidation sites excluding steroid dienone is 1. The number of anilines is 2. The van der Waals surface area contributed by atoms with Gasteiger partial charge in [-0.2, -0.15) is 0 Å². The number of carbonyl (C=O) groups is 4. The minimum absolute atomic E-state index is 0.214. The van der Waals surface area contributed by atoms with Crippen molar-refractivity contribution in [2.45, 2.75) is 69.2 Å². The number of piperidine rings is 3. The Balaban J connectivity index is 0.827. The van der Waals surface area contributed by atoms with Crippen LogP contribution in [0.25, 0.3) is 11.1 Å². The number of aromatic hydroxyl groups is 1. The Kier molecular flexibility index (Phi) is 11.1. The first-order chi connectivity index (χ1) is 28.8. The van der Waals surface area contributed by atoms with E-state index in [0.717, 1.165) is 91.1 Å². The van der Waals surface area contributed by atoms with Gasteiger partial charge in [0, 0.05) is 75.0 Å². The van der Waals surface area contributed by atoms with Crippen LogP contribution in [0, 0.1) is 5.92 Å². The molecule has 2 N–H and O–H groups in total. The molecular weight excluding hydrogens is 762 g/mol. The van der Waals surface area contributed by atoms with Crippen LogP contribution in [0.15, 0.2) is 97.1 Å². The van der Waals surface area contributed by atoms with Crippen molar-refractivity contribution in [2.75, 3.05) is 48.4 Å². The van der Waals surface area contributed by atoms with Gasteiger partial charge < -0.3 is 14.9 Å². The summed E-state index contributed by atoms with van der Waals surface area (Å²) in [5.41, 5.74) is 9.65. The third-order valence-electron chi connectivity index (χ3n) is 13.3. The van der Waals surface area contributed by atoms with E-state index in [4.69, 9.17) is 11.6 Å². The molecule has 59 heavy (non-hydrogen) atoms. The van der Waals surface area contributed by atoms with Gasteiger partial charge in [-0.1, -0.05) is 60.7 Å². The summed E-state index contributed by atoms with van der Waals surface area (Å²) < 4.78 is 0. The van der Waals surface area contributed by atoms with E-state index in [1.807, 2.05) is 24.3 Å². The van der Waals surface area contributed by atoms with Crippen LogP contribution in [0.3, 0.4) is 0 Å². The Morgan fingerprint density at radius 3 is 2.15 bits per heavy atom. The molecule has 4 aromatic carbocycles. The number of nitrogens with zero attached hydrogens (tertiary/aromatic N) is 4. The molecule has 4 unspecified atom stereocenters. The van der Waals surface area contributed by atoms with Gasteiger partial charge in [0.2, 0.25) is 17.6 Å². The highest BCUT2D eigenvalue weighted by Crippen LogP contribution is 2.42. The van der Waals surface area contributed by atoms with Crippen LogP contribution in [0.5, 0.6) is 5.75 Å². The summed E-state index contributed by atoms with van der Waals surface area (Å²) in [7, 11) is 0. The molecule has 10 rings (SSSR count). The first-order valence-electron chi connectivity index (χ1n) is 21.0. The average Bonchev–Trinajstić information content (AvgIpc) is 3.65. The minimum atomic E-state index is -0.820. The number of fused-ring (bicyclic) bond motifs is 3. The predicted molar refractivity (Wildman–Crippen MR) is 230 cm³/mol. The van der Waals surface area contributed by atoms with Crippen molar-refractivity contribution in [3.8, 4) is 5.75 Å². The summed E-state index contributed by atoms with van der Waals surface area (Å²) in [5, 5.41) is 12.5. The Morgan fingerprint density at radius 2 is 1.49 bits per heavy atom. The molecule has 6 aliphatic rings. The molecule has 0 radical (unpaired) electrons. The van der Waals surface area contributed by atoms with Crippen molar-refractivity contribution in [2.24, 2.45) is 5.92 Å². The highest BCUT2D eigenvalue weighted by molar-refractivity contribution is 6.27. The number of phenolic OH excluding ortho intramolecular Hbond substituents is 1. The number of phenols is 1. The van der Waals surface area contributed by atoms with E-state index in [0.29, 0.717) is 43.1 Å². The zero-order valence-electron chi connectivity index (χ0n) is 33.1. The van der Waals surface area contributed by atoms with E-state index in [1.54, 1.807) is 17.0 Å². The molecule has 4 aromatic rings. The van der Waals surface area contributed by atoms with Crippen LogP contribution in [0.2, 0.25) is 0 Å². The lowest BCUT2D eigenvalue weighted by atomic mass is 9.84. The Hall–Kier alpha value is -5.29. The first kappa shape index (κ1) is 39.2. The summed E-state index contributed by atoms with van der Waals surface area (Å²) in [5.74, 6) is 0.123. The third kappa shape index (κ3) is 7.81. The number of alkyl halides is 1. The smallest absolute Gasteiger partial charge is 0.243 e. The van der Waals surface area contributed by atoms with Gasteiger partial charge >= 0.3 is 0 Å². The van der Waals surface area contributed by atoms with Crippen molar-refractivity contribution < 1.29 is 24.3 Å². The second-order valence-corrected chi connectivity index (χ2v) is 17.2. The fraction of sp³-hybridized carbons (Fsp3) is 0.375. The molecule has 10 nitrogen and oxygen atoms in total. The zero-order chi connectivity index (χ0) is 40.6. The molecule has 11 heteroatoms. The van der Waals surface area contributed by atoms with Gasteiger partial charge in [-0.3, -0.25) is 34.3 Å². The monoisotopic (exact) mass is 811 g/mol. The number of imide groups is 1. The molecule has 5 saturated heterocycles. The van der Waals surface area contributed by atoms with Gasteiger partial charge in [-0.25, -0.2) is 0 Å². The summed E-state index contributed by atoms with van der Waals surface area (Å²) in [4.78, 5) is 58.8. The maximum atomic E-state index is 13.0. The van der Waals surface area contributed by atoms with E-state index in [-0.39, 0.29) is 18.1 Å². The maximum Gasteiger partial charge on any atom is 0.243 e. The minimum Gasteiger partial charge on any atom is -0.508 e. The molecule has 0 aliphatic carbocycles. The van der Waals surface area contributed by atoms with E-state index in [2.05, 4.69) is 80.7 Å². The van der Waals surface area contributed by atoms with Gasteiger partial charge in [-0.15, -0.1) is 11.6 Å². The molecule has 0 aromatic heterocycles. The average molecular weight is 812 g/mol. The number of piperazine rings is 1. The summed E-state index contributed by atoms with van der Waals surface area (Å²) in [6, 6.07) is 32.5. The molecule has 0 spiro atoms. The van der Waals surface area contributed by atoms with E-state index < -0.39 is 23.8 Å². The number of carbonyl (C=O) groups excluding carboxylic acids is 4. The number of aldehydes is 1. The second kappa shape index (κ2) is 16.8. The van der Waals surface area contributed by atoms with Crippen molar-refractivity contribution in [3.05, 3.63) is 125 Å². The van der Waals surface area contributed by atoms with E-state index in [9.17, 15) is 24.3 Å². The molecule has 304 valence electrons. The highest BCUT2D eigenvalue weighted by atomic mass is 35.5. The van der Waals surface area contributed by atoms with Gasteiger partial charge in [0.25, 0.3) is 0 Å². The van der Waals surface area contributed by atoms with Crippen molar-refractivity contribution in [1.29, 1.82) is 0 Å². The fourth-order valence-electron chi connectivity index (χ4n) is 10.3. The van der Waals surface area contributed by atoms with Gasteiger partial charge in [0.15, 0.2) is 6.29 Å². The molecule has 5 fully saturated rings. The van der Waals surface area contributed by atoms with Crippen molar-refractivity contribution >= 4 is 58.0 Å². The fourth-order valence-corrected chi connectivity index (χ4v) is 10.5. The van der Waals surface area contributed by atoms with Crippen LogP contribution in [-0.4, -0.2) is 95.5 Å². The lowest BCUT2D eigenvalue weighted by Gasteiger charge is -2.58. The number of Topliss-reactive ketones (excluding diaryl/α,β-unsaturated/α-hetero) is 1. The number of amides is 2. The quantitative estimate of drug-likeness (QED) is 0.0538. The Labute approximate surface area is 350 Å². The maximum absolute atomic E-state index is 13.0. The highest BCUT2D eigenvalue weighted by Gasteiger charge is 2.47. The number of hydrogen-bond acceptors (Lipinski definition) is 9. The third-order valence-corrected chi connectivity index (χ3v) is 13.5. The topological polar surface area (TPSA) is 114 Å². The molecule has 2 bridgehead atoms. The number of ketones is 1. The van der Waals surface area contributed by atoms with Crippen LogP contribution < -0.4 is 15.1 Å². The molecule has 4 atom stereocenters. The molecule has 2 amide bonds. The van der Waals surface area contributed by atoms with Crippen LogP contribution in [0.1, 0.15) is 72.4 Å². The molecule has 6 heterocycles. The predicted octanol–water partition coefficient (Wildman–Crippen LogP) is 6.59. The second-order valence-electron chi connectivity index (χ2n) is 16.8. The van der Waals surface area contributed by atoms with Gasteiger partial charge in [-0.05, 0) is 113 Å². The summed E-state index contributed by atoms with van der Waals surface area (Å²) >= 11 is 6.38.